The number of aliphatic hydroxyl groups is 1. The van der Waals surface area contributed by atoms with Crippen LogP contribution < -0.4 is 10.6 Å². The van der Waals surface area contributed by atoms with Crippen molar-refractivity contribution in [3.05, 3.63) is 59.0 Å². The highest BCUT2D eigenvalue weighted by Crippen LogP contribution is 2.22. The molecule has 0 radical (unpaired) electrons. The Labute approximate surface area is 141 Å². The molecule has 3 N–H and O–H groups in total. The van der Waals surface area contributed by atoms with Gasteiger partial charge in [0, 0.05) is 11.6 Å². The zero-order chi connectivity index (χ0) is 16.7. The van der Waals surface area contributed by atoms with E-state index in [-0.39, 0.29) is 12.6 Å². The molecule has 124 valence electrons. The maximum absolute atomic E-state index is 10.0. The summed E-state index contributed by atoms with van der Waals surface area (Å²) in [6.45, 7) is 4.92. The second kappa shape index (κ2) is 8.60. The number of benzene rings is 1. The van der Waals surface area contributed by atoms with Crippen molar-refractivity contribution in [1.29, 1.82) is 0 Å². The largest absolute Gasteiger partial charge is 0.467 e. The fraction of sp³-hybridized carbons (Fsp3) is 0.353. The van der Waals surface area contributed by atoms with Gasteiger partial charge in [0.1, 0.15) is 11.9 Å². The zero-order valence-corrected chi connectivity index (χ0v) is 14.0. The Hall–Kier alpha value is -1.98. The molecular formula is C17H22ClN3O2. The Bertz CT molecular complexity index is 629. The van der Waals surface area contributed by atoms with Gasteiger partial charge in [0.05, 0.1) is 18.8 Å². The maximum Gasteiger partial charge on any atom is 0.191 e. The molecule has 0 aliphatic rings. The Morgan fingerprint density at radius 1 is 1.30 bits per heavy atom. The molecule has 2 unspecified atom stereocenters. The molecule has 0 aliphatic carbocycles. The van der Waals surface area contributed by atoms with Gasteiger partial charge in [0.25, 0.3) is 0 Å². The minimum absolute atomic E-state index is 0.0118. The van der Waals surface area contributed by atoms with Crippen LogP contribution in [0.1, 0.15) is 37.3 Å². The highest BCUT2D eigenvalue weighted by atomic mass is 35.5. The van der Waals surface area contributed by atoms with Crippen LogP contribution in [0.25, 0.3) is 0 Å². The van der Waals surface area contributed by atoms with Crippen LogP contribution in [0.2, 0.25) is 5.02 Å². The Morgan fingerprint density at radius 2 is 2.09 bits per heavy atom. The van der Waals surface area contributed by atoms with E-state index in [0.29, 0.717) is 16.7 Å². The second-order valence-corrected chi connectivity index (χ2v) is 5.55. The van der Waals surface area contributed by atoms with Crippen LogP contribution in [0, 0.1) is 0 Å². The quantitative estimate of drug-likeness (QED) is 0.559. The van der Waals surface area contributed by atoms with E-state index in [1.807, 2.05) is 38.1 Å². The molecule has 0 fully saturated rings. The summed E-state index contributed by atoms with van der Waals surface area (Å²) in [5, 5.41) is 17.2. The molecule has 0 saturated carbocycles. The summed E-state index contributed by atoms with van der Waals surface area (Å²) in [5.74, 6) is 1.12. The molecule has 0 bridgehead atoms. The lowest BCUT2D eigenvalue weighted by Gasteiger charge is -2.19. The highest BCUT2D eigenvalue weighted by Gasteiger charge is 2.13. The SMILES string of the molecule is CCNC(=NCC(O)c1ccco1)NC(C)c1ccccc1Cl. The van der Waals surface area contributed by atoms with E-state index in [4.69, 9.17) is 16.0 Å². The number of hydrogen-bond donors (Lipinski definition) is 3. The maximum atomic E-state index is 10.0. The lowest BCUT2D eigenvalue weighted by atomic mass is 10.1. The van der Waals surface area contributed by atoms with Crippen molar-refractivity contribution in [2.45, 2.75) is 26.0 Å². The van der Waals surface area contributed by atoms with Crippen LogP contribution in [0.5, 0.6) is 0 Å². The summed E-state index contributed by atoms with van der Waals surface area (Å²) in [6, 6.07) is 11.1. The summed E-state index contributed by atoms with van der Waals surface area (Å²) in [6.07, 6.45) is 0.765. The van der Waals surface area contributed by atoms with Gasteiger partial charge < -0.3 is 20.2 Å². The van der Waals surface area contributed by atoms with E-state index in [2.05, 4.69) is 15.6 Å². The van der Waals surface area contributed by atoms with Gasteiger partial charge >= 0.3 is 0 Å². The highest BCUT2D eigenvalue weighted by molar-refractivity contribution is 6.31. The first-order chi connectivity index (χ1) is 11.1. The molecular weight excluding hydrogens is 314 g/mol. The standard InChI is InChI=1S/C17H22ClN3O2/c1-3-19-17(20-11-15(22)16-9-6-10-23-16)21-12(2)13-7-4-5-8-14(13)18/h4-10,12,15,22H,3,11H2,1-2H3,(H2,19,20,21). The molecule has 0 aliphatic heterocycles. The van der Waals surface area contributed by atoms with Gasteiger partial charge in [-0.2, -0.15) is 0 Å². The third kappa shape index (κ3) is 5.01. The monoisotopic (exact) mass is 335 g/mol. The molecule has 0 saturated heterocycles. The van der Waals surface area contributed by atoms with Gasteiger partial charge in [-0.05, 0) is 37.6 Å². The number of nitrogens with one attached hydrogen (secondary N) is 2. The van der Waals surface area contributed by atoms with Crippen molar-refractivity contribution in [2.75, 3.05) is 13.1 Å². The first-order valence-corrected chi connectivity index (χ1v) is 8.00. The summed E-state index contributed by atoms with van der Waals surface area (Å²) < 4.78 is 5.18. The number of aliphatic imine (C=N–C) groups is 1. The predicted octanol–water partition coefficient (Wildman–Crippen LogP) is 3.28. The Balaban J connectivity index is 2.03. The third-order valence-corrected chi connectivity index (χ3v) is 3.71. The average molecular weight is 336 g/mol. The lowest BCUT2D eigenvalue weighted by Crippen LogP contribution is -2.39. The fourth-order valence-electron chi connectivity index (χ4n) is 2.18. The topological polar surface area (TPSA) is 69.8 Å². The van der Waals surface area contributed by atoms with E-state index in [1.165, 1.54) is 6.26 Å². The van der Waals surface area contributed by atoms with Gasteiger partial charge in [-0.1, -0.05) is 29.8 Å². The average Bonchev–Trinajstić information content (AvgIpc) is 3.07. The van der Waals surface area contributed by atoms with Crippen LogP contribution in [-0.4, -0.2) is 24.2 Å². The van der Waals surface area contributed by atoms with Crippen molar-refractivity contribution in [3.63, 3.8) is 0 Å². The van der Waals surface area contributed by atoms with Crippen molar-refractivity contribution in [2.24, 2.45) is 4.99 Å². The predicted molar refractivity (Wildman–Crippen MR) is 92.6 cm³/mol. The molecule has 2 rings (SSSR count). The van der Waals surface area contributed by atoms with E-state index < -0.39 is 6.10 Å². The van der Waals surface area contributed by atoms with E-state index >= 15 is 0 Å². The second-order valence-electron chi connectivity index (χ2n) is 5.14. The van der Waals surface area contributed by atoms with E-state index in [9.17, 15) is 5.11 Å². The van der Waals surface area contributed by atoms with E-state index in [0.717, 1.165) is 12.1 Å². The third-order valence-electron chi connectivity index (χ3n) is 3.36. The van der Waals surface area contributed by atoms with Crippen LogP contribution in [-0.2, 0) is 0 Å². The van der Waals surface area contributed by atoms with Gasteiger partial charge in [0.2, 0.25) is 0 Å². The van der Waals surface area contributed by atoms with Crippen molar-refractivity contribution in [1.82, 2.24) is 10.6 Å². The molecule has 1 aromatic heterocycles. The number of aliphatic hydroxyl groups excluding tert-OH is 1. The fourth-order valence-corrected chi connectivity index (χ4v) is 2.48. The number of rotatable bonds is 6. The minimum atomic E-state index is -0.768. The van der Waals surface area contributed by atoms with Crippen LogP contribution in [0.3, 0.4) is 0 Å². The molecule has 2 aromatic rings. The van der Waals surface area contributed by atoms with Crippen LogP contribution >= 0.6 is 11.6 Å². The Kier molecular flexibility index (Phi) is 6.50. The van der Waals surface area contributed by atoms with Crippen LogP contribution in [0.15, 0.2) is 52.1 Å². The van der Waals surface area contributed by atoms with E-state index in [1.54, 1.807) is 12.1 Å². The van der Waals surface area contributed by atoms with Gasteiger partial charge in [0.15, 0.2) is 5.96 Å². The minimum Gasteiger partial charge on any atom is -0.467 e. The van der Waals surface area contributed by atoms with Crippen molar-refractivity contribution < 1.29 is 9.52 Å². The first-order valence-electron chi connectivity index (χ1n) is 7.62. The molecule has 5 nitrogen and oxygen atoms in total. The molecule has 0 amide bonds. The van der Waals surface area contributed by atoms with Gasteiger partial charge in [-0.15, -0.1) is 0 Å². The summed E-state index contributed by atoms with van der Waals surface area (Å²) in [4.78, 5) is 4.41. The lowest BCUT2D eigenvalue weighted by molar-refractivity contribution is 0.158. The molecule has 6 heteroatoms. The Morgan fingerprint density at radius 3 is 2.74 bits per heavy atom. The zero-order valence-electron chi connectivity index (χ0n) is 13.3. The number of halogens is 1. The summed E-state index contributed by atoms with van der Waals surface area (Å²) in [5.41, 5.74) is 0.992. The number of guanidine groups is 1. The smallest absolute Gasteiger partial charge is 0.191 e. The summed E-state index contributed by atoms with van der Waals surface area (Å²) in [7, 11) is 0. The van der Waals surface area contributed by atoms with Gasteiger partial charge in [-0.25, -0.2) is 0 Å². The number of furan rings is 1. The van der Waals surface area contributed by atoms with Gasteiger partial charge in [-0.3, -0.25) is 4.99 Å². The first kappa shape index (κ1) is 17.4. The van der Waals surface area contributed by atoms with Crippen molar-refractivity contribution in [3.8, 4) is 0 Å². The molecule has 23 heavy (non-hydrogen) atoms. The molecule has 0 spiro atoms. The molecule has 2 atom stereocenters. The summed E-state index contributed by atoms with van der Waals surface area (Å²) >= 11 is 6.22. The normalized spacial score (nSPS) is 14.3. The number of hydrogen-bond acceptors (Lipinski definition) is 3. The number of nitrogens with zero attached hydrogens (tertiary/aromatic N) is 1. The van der Waals surface area contributed by atoms with Crippen molar-refractivity contribution >= 4 is 17.6 Å². The van der Waals surface area contributed by atoms with Crippen LogP contribution in [0.4, 0.5) is 0 Å². The molecule has 1 heterocycles. The molecule has 1 aromatic carbocycles.